The van der Waals surface area contributed by atoms with Crippen LogP contribution in [0.4, 0.5) is 0 Å². The summed E-state index contributed by atoms with van der Waals surface area (Å²) in [5.74, 6) is 0.474. The van der Waals surface area contributed by atoms with Crippen molar-refractivity contribution in [3.8, 4) is 0 Å². The molecule has 0 spiro atoms. The second-order valence-corrected chi connectivity index (χ2v) is 16.0. The highest BCUT2D eigenvalue weighted by atomic mass is 14.9. The van der Waals surface area contributed by atoms with Crippen LogP contribution < -0.4 is 5.32 Å². The van der Waals surface area contributed by atoms with Crippen molar-refractivity contribution in [3.63, 3.8) is 0 Å². The summed E-state index contributed by atoms with van der Waals surface area (Å²) in [6, 6.07) is 10.2. The van der Waals surface area contributed by atoms with Gasteiger partial charge in [0, 0.05) is 5.70 Å². The lowest BCUT2D eigenvalue weighted by Crippen LogP contribution is -2.34. The van der Waals surface area contributed by atoms with Crippen molar-refractivity contribution in [3.05, 3.63) is 98.8 Å². The molecule has 2 unspecified atom stereocenters. The number of nitrogens with one attached hydrogen (secondary N) is 1. The van der Waals surface area contributed by atoms with E-state index in [0.29, 0.717) is 12.0 Å². The fraction of sp³-hybridized carbons (Fsp3) is 0.550. The van der Waals surface area contributed by atoms with Crippen molar-refractivity contribution in [1.29, 1.82) is 0 Å². The molecule has 0 saturated heterocycles. The summed E-state index contributed by atoms with van der Waals surface area (Å²) in [5.41, 5.74) is 12.8. The van der Waals surface area contributed by atoms with E-state index in [4.69, 9.17) is 0 Å². The first-order chi connectivity index (χ1) is 18.7. The summed E-state index contributed by atoms with van der Waals surface area (Å²) in [6.07, 6.45) is 12.2. The van der Waals surface area contributed by atoms with Crippen LogP contribution in [0.5, 0.6) is 0 Å². The fourth-order valence-corrected chi connectivity index (χ4v) is 5.48. The quantitative estimate of drug-likeness (QED) is 0.359. The molecule has 0 heterocycles. The zero-order chi connectivity index (χ0) is 31.1. The van der Waals surface area contributed by atoms with Crippen LogP contribution in [0.1, 0.15) is 128 Å². The van der Waals surface area contributed by atoms with Crippen LogP contribution in [0.2, 0.25) is 0 Å². The topological polar surface area (TPSA) is 12.0 Å². The van der Waals surface area contributed by atoms with Crippen LogP contribution >= 0.6 is 0 Å². The van der Waals surface area contributed by atoms with Gasteiger partial charge in [-0.25, -0.2) is 0 Å². The summed E-state index contributed by atoms with van der Waals surface area (Å²) in [4.78, 5) is 0. The number of allylic oxidation sites excluding steroid dienone is 3. The molecule has 2 aromatic rings. The van der Waals surface area contributed by atoms with Crippen molar-refractivity contribution < 1.29 is 0 Å². The number of rotatable bonds is 7. The molecule has 3 rings (SSSR count). The molecular formula is C40H59N. The third kappa shape index (κ3) is 6.93. The highest BCUT2D eigenvalue weighted by molar-refractivity contribution is 5.61. The second-order valence-electron chi connectivity index (χ2n) is 16.0. The highest BCUT2D eigenvalue weighted by Gasteiger charge is 2.36. The van der Waals surface area contributed by atoms with Gasteiger partial charge in [-0.2, -0.15) is 0 Å². The Bertz CT molecular complexity index is 1340. The Morgan fingerprint density at radius 1 is 0.707 bits per heavy atom. The smallest absolute Gasteiger partial charge is 0.0504 e. The molecule has 1 aliphatic rings. The van der Waals surface area contributed by atoms with Crippen LogP contribution in [0.3, 0.4) is 0 Å². The first-order valence-electron chi connectivity index (χ1n) is 15.7. The van der Waals surface area contributed by atoms with Gasteiger partial charge in [0.25, 0.3) is 0 Å². The van der Waals surface area contributed by atoms with Gasteiger partial charge in [-0.1, -0.05) is 125 Å². The van der Waals surface area contributed by atoms with E-state index >= 15 is 0 Å². The third-order valence-electron chi connectivity index (χ3n) is 11.1. The summed E-state index contributed by atoms with van der Waals surface area (Å²) < 4.78 is 0. The predicted molar refractivity (Wildman–Crippen MR) is 183 cm³/mol. The second kappa shape index (κ2) is 11.6. The predicted octanol–water partition coefficient (Wildman–Crippen LogP) is 10.9. The third-order valence-corrected chi connectivity index (χ3v) is 11.1. The molecule has 1 N–H and O–H groups in total. The lowest BCUT2D eigenvalue weighted by molar-refractivity contribution is 0.225. The lowest BCUT2D eigenvalue weighted by Gasteiger charge is -2.40. The van der Waals surface area contributed by atoms with Crippen molar-refractivity contribution in [2.45, 2.75) is 127 Å². The van der Waals surface area contributed by atoms with Gasteiger partial charge in [0.15, 0.2) is 0 Å². The Balaban J connectivity index is 2.16. The fourth-order valence-electron chi connectivity index (χ4n) is 5.48. The Labute approximate surface area is 253 Å². The Kier molecular flexibility index (Phi) is 9.34. The monoisotopic (exact) mass is 553 g/mol. The molecule has 0 aromatic heterocycles. The Hall–Kier alpha value is -2.54. The van der Waals surface area contributed by atoms with Gasteiger partial charge in [-0.3, -0.25) is 0 Å². The van der Waals surface area contributed by atoms with Crippen LogP contribution in [0.15, 0.2) is 54.3 Å². The van der Waals surface area contributed by atoms with Crippen LogP contribution in [0.25, 0.3) is 6.08 Å². The highest BCUT2D eigenvalue weighted by Crippen LogP contribution is 2.44. The van der Waals surface area contributed by atoms with Gasteiger partial charge in [0.1, 0.15) is 0 Å². The maximum absolute atomic E-state index is 3.78. The minimum absolute atomic E-state index is 0.0197. The summed E-state index contributed by atoms with van der Waals surface area (Å²) >= 11 is 0. The summed E-state index contributed by atoms with van der Waals surface area (Å²) in [7, 11) is 0. The van der Waals surface area contributed by atoms with E-state index in [2.05, 4.69) is 164 Å². The molecule has 0 radical (unpaired) electrons. The van der Waals surface area contributed by atoms with E-state index in [0.717, 1.165) is 6.42 Å². The summed E-state index contributed by atoms with van der Waals surface area (Å²) in [6.45, 7) is 35.2. The Morgan fingerprint density at radius 2 is 1.20 bits per heavy atom. The number of hydrogen-bond acceptors (Lipinski definition) is 1. The first-order valence-corrected chi connectivity index (χ1v) is 15.7. The van der Waals surface area contributed by atoms with Crippen molar-refractivity contribution in [1.82, 2.24) is 5.32 Å². The largest absolute Gasteiger partial charge is 0.382 e. The molecule has 224 valence electrons. The molecule has 2 aromatic carbocycles. The van der Waals surface area contributed by atoms with Crippen molar-refractivity contribution >= 4 is 6.08 Å². The molecule has 0 amide bonds. The molecule has 41 heavy (non-hydrogen) atoms. The van der Waals surface area contributed by atoms with Gasteiger partial charge in [0.2, 0.25) is 0 Å². The lowest BCUT2D eigenvalue weighted by atomic mass is 9.64. The molecule has 0 bridgehead atoms. The zero-order valence-corrected chi connectivity index (χ0v) is 29.1. The minimum atomic E-state index is 0.0197. The van der Waals surface area contributed by atoms with Gasteiger partial charge >= 0.3 is 0 Å². The molecule has 2 atom stereocenters. The van der Waals surface area contributed by atoms with E-state index in [1.807, 2.05) is 0 Å². The molecular weight excluding hydrogens is 494 g/mol. The molecule has 0 saturated carbocycles. The number of aryl methyl sites for hydroxylation is 1. The summed E-state index contributed by atoms with van der Waals surface area (Å²) in [5, 5.41) is 3.78. The standard InChI is InChI=1S/C40H59N/c1-26-18-16-17-19-36(26)41-28(3)21-31-23-35(40(14,15)38(9,10)11)25-33(30(31)5)22-32-24-34(20-27(2)29(32)4)39(12,13)37(6,7)8/h16-21,23-26,36,41H,22H2,1-15H3/b28-21-. The van der Waals surface area contributed by atoms with Crippen molar-refractivity contribution in [2.24, 2.45) is 16.7 Å². The average molecular weight is 554 g/mol. The van der Waals surface area contributed by atoms with E-state index in [-0.39, 0.29) is 21.7 Å². The maximum atomic E-state index is 3.78. The normalized spacial score (nSPS) is 18.7. The number of hydrogen-bond donors (Lipinski definition) is 1. The molecule has 0 fully saturated rings. The van der Waals surface area contributed by atoms with Crippen LogP contribution in [0, 0.1) is 37.5 Å². The SMILES string of the molecule is C/C(=C/c1cc(C(C)(C)C(C)(C)C)cc(Cc2cc(C(C)(C)C(C)(C)C)cc(C)c2C)c1C)NC1C=CC=CC1C. The maximum Gasteiger partial charge on any atom is 0.0504 e. The van der Waals surface area contributed by atoms with E-state index in [1.54, 1.807) is 0 Å². The molecule has 1 nitrogen and oxygen atoms in total. The molecule has 0 aliphatic heterocycles. The van der Waals surface area contributed by atoms with Crippen LogP contribution in [-0.2, 0) is 17.3 Å². The Morgan fingerprint density at radius 3 is 1.71 bits per heavy atom. The van der Waals surface area contributed by atoms with Gasteiger partial charge in [-0.05, 0) is 112 Å². The van der Waals surface area contributed by atoms with Gasteiger partial charge < -0.3 is 5.32 Å². The first kappa shape index (κ1) is 33.0. The minimum Gasteiger partial charge on any atom is -0.382 e. The van der Waals surface area contributed by atoms with E-state index < -0.39 is 0 Å². The molecule has 1 aliphatic carbocycles. The zero-order valence-electron chi connectivity index (χ0n) is 29.1. The average Bonchev–Trinajstić information content (AvgIpc) is 2.84. The van der Waals surface area contributed by atoms with E-state index in [1.165, 1.54) is 50.2 Å². The van der Waals surface area contributed by atoms with Crippen molar-refractivity contribution in [2.75, 3.05) is 0 Å². The number of benzene rings is 2. The molecule has 1 heteroatoms. The van der Waals surface area contributed by atoms with Gasteiger partial charge in [0.05, 0.1) is 6.04 Å². The van der Waals surface area contributed by atoms with Crippen LogP contribution in [-0.4, -0.2) is 6.04 Å². The van der Waals surface area contributed by atoms with E-state index in [9.17, 15) is 0 Å². The van der Waals surface area contributed by atoms with Gasteiger partial charge in [-0.15, -0.1) is 0 Å².